The second kappa shape index (κ2) is 5.79. The van der Waals surface area contributed by atoms with E-state index in [1.165, 1.54) is 12.1 Å². The van der Waals surface area contributed by atoms with E-state index in [9.17, 15) is 14.3 Å². The summed E-state index contributed by atoms with van der Waals surface area (Å²) < 4.78 is 13.3. The molecule has 0 bridgehead atoms. The van der Waals surface area contributed by atoms with E-state index in [1.54, 1.807) is 18.2 Å². The van der Waals surface area contributed by atoms with Gasteiger partial charge >= 0.3 is 0 Å². The van der Waals surface area contributed by atoms with Gasteiger partial charge in [0.1, 0.15) is 11.6 Å². The predicted molar refractivity (Wildman–Crippen MR) is 75.4 cm³/mol. The van der Waals surface area contributed by atoms with Gasteiger partial charge < -0.3 is 16.2 Å². The van der Waals surface area contributed by atoms with E-state index >= 15 is 0 Å². The van der Waals surface area contributed by atoms with E-state index in [4.69, 9.17) is 17.3 Å². The van der Waals surface area contributed by atoms with Crippen molar-refractivity contribution in [1.82, 2.24) is 0 Å². The molecule has 0 atom stereocenters. The fourth-order valence-corrected chi connectivity index (χ4v) is 1.92. The van der Waals surface area contributed by atoms with Gasteiger partial charge in [0.25, 0.3) is 5.91 Å². The molecule has 0 saturated carbocycles. The molecule has 4 N–H and O–H groups in total. The SMILES string of the molecule is NC(=O)c1cc(NCc2cccc(Cl)c2O)ccc1F. The highest BCUT2D eigenvalue weighted by Crippen LogP contribution is 2.27. The van der Waals surface area contributed by atoms with Crippen LogP contribution in [-0.2, 0) is 6.54 Å². The van der Waals surface area contributed by atoms with Crippen molar-refractivity contribution in [3.05, 3.63) is 58.4 Å². The maximum atomic E-state index is 13.3. The average Bonchev–Trinajstić information content (AvgIpc) is 2.41. The van der Waals surface area contributed by atoms with Gasteiger partial charge in [-0.2, -0.15) is 0 Å². The van der Waals surface area contributed by atoms with Crippen LogP contribution in [0.25, 0.3) is 0 Å². The Kier molecular flexibility index (Phi) is 4.10. The number of benzene rings is 2. The monoisotopic (exact) mass is 294 g/mol. The number of hydrogen-bond donors (Lipinski definition) is 3. The highest BCUT2D eigenvalue weighted by atomic mass is 35.5. The van der Waals surface area contributed by atoms with Gasteiger partial charge in [-0.3, -0.25) is 4.79 Å². The van der Waals surface area contributed by atoms with Gasteiger partial charge in [0.2, 0.25) is 0 Å². The Hall–Kier alpha value is -2.27. The van der Waals surface area contributed by atoms with Crippen molar-refractivity contribution in [3.63, 3.8) is 0 Å². The fraction of sp³-hybridized carbons (Fsp3) is 0.0714. The smallest absolute Gasteiger partial charge is 0.251 e. The van der Waals surface area contributed by atoms with Crippen molar-refractivity contribution in [3.8, 4) is 5.75 Å². The molecule has 0 fully saturated rings. The Morgan fingerprint density at radius 3 is 2.80 bits per heavy atom. The number of halogens is 2. The molecule has 4 nitrogen and oxygen atoms in total. The summed E-state index contributed by atoms with van der Waals surface area (Å²) in [6.07, 6.45) is 0. The largest absolute Gasteiger partial charge is 0.506 e. The lowest BCUT2D eigenvalue weighted by molar-refractivity contribution is 0.0996. The van der Waals surface area contributed by atoms with Crippen LogP contribution in [0.2, 0.25) is 5.02 Å². The van der Waals surface area contributed by atoms with Crippen LogP contribution in [0.1, 0.15) is 15.9 Å². The molecule has 20 heavy (non-hydrogen) atoms. The molecule has 0 unspecified atom stereocenters. The number of rotatable bonds is 4. The van der Waals surface area contributed by atoms with E-state index < -0.39 is 11.7 Å². The second-order valence-electron chi connectivity index (χ2n) is 4.16. The number of para-hydroxylation sites is 1. The lowest BCUT2D eigenvalue weighted by Crippen LogP contribution is -2.13. The summed E-state index contributed by atoms with van der Waals surface area (Å²) in [5.74, 6) is -1.52. The molecule has 0 radical (unpaired) electrons. The topological polar surface area (TPSA) is 75.4 Å². The number of carbonyl (C=O) groups is 1. The number of hydrogen-bond acceptors (Lipinski definition) is 3. The summed E-state index contributed by atoms with van der Waals surface area (Å²) in [5, 5.41) is 13.0. The molecule has 0 aromatic heterocycles. The molecule has 0 aliphatic carbocycles. The summed E-state index contributed by atoms with van der Waals surface area (Å²) >= 11 is 5.79. The third-order valence-electron chi connectivity index (χ3n) is 2.79. The van der Waals surface area contributed by atoms with Crippen LogP contribution in [-0.4, -0.2) is 11.0 Å². The Labute approximate surface area is 120 Å². The summed E-state index contributed by atoms with van der Waals surface area (Å²) in [7, 11) is 0. The Bertz CT molecular complexity index is 662. The molecule has 0 aliphatic rings. The Morgan fingerprint density at radius 1 is 1.35 bits per heavy atom. The number of carbonyl (C=O) groups excluding carboxylic acids is 1. The Balaban J connectivity index is 2.17. The first kappa shape index (κ1) is 14.1. The number of phenols is 1. The number of phenolic OH excluding ortho intramolecular Hbond substituents is 1. The van der Waals surface area contributed by atoms with Crippen molar-refractivity contribution in [2.45, 2.75) is 6.54 Å². The van der Waals surface area contributed by atoms with Crippen LogP contribution < -0.4 is 11.1 Å². The number of nitrogens with two attached hydrogens (primary N) is 1. The maximum Gasteiger partial charge on any atom is 0.251 e. The molecule has 0 spiro atoms. The quantitative estimate of drug-likeness (QED) is 0.811. The highest BCUT2D eigenvalue weighted by molar-refractivity contribution is 6.32. The predicted octanol–water partition coefficient (Wildman–Crippen LogP) is 2.90. The summed E-state index contributed by atoms with van der Waals surface area (Å²) in [5.41, 5.74) is 5.98. The van der Waals surface area contributed by atoms with Crippen molar-refractivity contribution in [2.24, 2.45) is 5.73 Å². The number of nitrogens with one attached hydrogen (secondary N) is 1. The van der Waals surface area contributed by atoms with Crippen LogP contribution in [0.5, 0.6) is 5.75 Å². The molecule has 104 valence electrons. The van der Waals surface area contributed by atoms with E-state index in [0.29, 0.717) is 11.3 Å². The van der Waals surface area contributed by atoms with Crippen LogP contribution in [0.3, 0.4) is 0 Å². The third-order valence-corrected chi connectivity index (χ3v) is 3.09. The van der Waals surface area contributed by atoms with Crippen molar-refractivity contribution in [2.75, 3.05) is 5.32 Å². The summed E-state index contributed by atoms with van der Waals surface area (Å²) in [4.78, 5) is 11.0. The van der Waals surface area contributed by atoms with Gasteiger partial charge in [-0.1, -0.05) is 23.7 Å². The minimum absolute atomic E-state index is 0.0149. The number of primary amides is 1. The van der Waals surface area contributed by atoms with Gasteiger partial charge in [0.05, 0.1) is 10.6 Å². The van der Waals surface area contributed by atoms with E-state index in [1.807, 2.05) is 0 Å². The van der Waals surface area contributed by atoms with Crippen LogP contribution in [0.4, 0.5) is 10.1 Å². The molecule has 0 saturated heterocycles. The van der Waals surface area contributed by atoms with Crippen LogP contribution >= 0.6 is 11.6 Å². The molecule has 2 rings (SSSR count). The van der Waals surface area contributed by atoms with Gasteiger partial charge in [0, 0.05) is 17.8 Å². The first-order chi connectivity index (χ1) is 9.49. The number of aromatic hydroxyl groups is 1. The first-order valence-electron chi connectivity index (χ1n) is 5.78. The lowest BCUT2D eigenvalue weighted by atomic mass is 10.1. The van der Waals surface area contributed by atoms with Crippen molar-refractivity contribution >= 4 is 23.2 Å². The zero-order chi connectivity index (χ0) is 14.7. The second-order valence-corrected chi connectivity index (χ2v) is 4.57. The fourth-order valence-electron chi connectivity index (χ4n) is 1.72. The molecule has 1 amide bonds. The van der Waals surface area contributed by atoms with Gasteiger partial charge in [0.15, 0.2) is 0 Å². The zero-order valence-electron chi connectivity index (χ0n) is 10.4. The van der Waals surface area contributed by atoms with Crippen molar-refractivity contribution in [1.29, 1.82) is 0 Å². The maximum absolute atomic E-state index is 13.3. The standard InChI is InChI=1S/C14H12ClFN2O2/c15-11-3-1-2-8(13(11)19)7-18-9-4-5-12(16)10(6-9)14(17)20/h1-6,18-19H,7H2,(H2,17,20). The Morgan fingerprint density at radius 2 is 2.10 bits per heavy atom. The lowest BCUT2D eigenvalue weighted by Gasteiger charge is -2.10. The minimum atomic E-state index is -0.836. The number of amides is 1. The molecular weight excluding hydrogens is 283 g/mol. The van der Waals surface area contributed by atoms with Crippen LogP contribution in [0.15, 0.2) is 36.4 Å². The molecule has 0 heterocycles. The average molecular weight is 295 g/mol. The number of anilines is 1. The molecule has 2 aromatic rings. The normalized spacial score (nSPS) is 10.3. The molecule has 6 heteroatoms. The third kappa shape index (κ3) is 3.00. The first-order valence-corrected chi connectivity index (χ1v) is 6.16. The van der Waals surface area contributed by atoms with E-state index in [2.05, 4.69) is 5.32 Å². The summed E-state index contributed by atoms with van der Waals surface area (Å²) in [6.45, 7) is 0.274. The molecular formula is C14H12ClFN2O2. The van der Waals surface area contributed by atoms with Crippen molar-refractivity contribution < 1.29 is 14.3 Å². The van der Waals surface area contributed by atoms with Crippen LogP contribution in [0, 0.1) is 5.82 Å². The van der Waals surface area contributed by atoms with E-state index in [0.717, 1.165) is 6.07 Å². The molecule has 0 aliphatic heterocycles. The van der Waals surface area contributed by atoms with E-state index in [-0.39, 0.29) is 22.9 Å². The highest BCUT2D eigenvalue weighted by Gasteiger charge is 2.09. The summed E-state index contributed by atoms with van der Waals surface area (Å²) in [6, 6.07) is 8.93. The van der Waals surface area contributed by atoms with Gasteiger partial charge in [-0.15, -0.1) is 0 Å². The minimum Gasteiger partial charge on any atom is -0.506 e. The molecule has 2 aromatic carbocycles. The van der Waals surface area contributed by atoms with Gasteiger partial charge in [-0.05, 0) is 24.3 Å². The van der Waals surface area contributed by atoms with Gasteiger partial charge in [-0.25, -0.2) is 4.39 Å². The zero-order valence-corrected chi connectivity index (χ0v) is 11.1.